The maximum absolute atomic E-state index is 11.5. The Morgan fingerprint density at radius 3 is 2.47 bits per heavy atom. The minimum absolute atomic E-state index is 0.0639. The lowest BCUT2D eigenvalue weighted by Crippen LogP contribution is -2.32. The third-order valence-corrected chi connectivity index (χ3v) is 4.61. The van der Waals surface area contributed by atoms with E-state index in [1.54, 1.807) is 0 Å². The van der Waals surface area contributed by atoms with Gasteiger partial charge < -0.3 is 5.11 Å². The minimum Gasteiger partial charge on any atom is -0.396 e. The van der Waals surface area contributed by atoms with Gasteiger partial charge in [-0.2, -0.15) is 0 Å². The van der Waals surface area contributed by atoms with E-state index in [1.165, 1.54) is 0 Å². The van der Waals surface area contributed by atoms with Gasteiger partial charge in [-0.05, 0) is 37.5 Å². The summed E-state index contributed by atoms with van der Waals surface area (Å²) < 4.78 is 25.7. The smallest absolute Gasteiger partial charge is 0.211 e. The van der Waals surface area contributed by atoms with Gasteiger partial charge in [-0.1, -0.05) is 6.92 Å². The average molecular weight is 235 g/mol. The highest BCUT2D eigenvalue weighted by Crippen LogP contribution is 2.47. The van der Waals surface area contributed by atoms with Gasteiger partial charge in [0.05, 0.1) is 5.75 Å². The fourth-order valence-electron chi connectivity index (χ4n) is 1.57. The Balaban J connectivity index is 2.24. The van der Waals surface area contributed by atoms with Crippen LogP contribution in [0.15, 0.2) is 0 Å². The monoisotopic (exact) mass is 235 g/mol. The fraction of sp³-hybridized carbons (Fsp3) is 1.00. The molecule has 0 saturated heterocycles. The van der Waals surface area contributed by atoms with E-state index in [4.69, 9.17) is 5.11 Å². The molecule has 0 bridgehead atoms. The maximum atomic E-state index is 11.5. The number of nitrogens with one attached hydrogen (secondary N) is 1. The molecule has 0 aromatic rings. The zero-order chi connectivity index (χ0) is 11.4. The number of hydrogen-bond donors (Lipinski definition) is 2. The number of sulfonamides is 1. The molecular weight excluding hydrogens is 214 g/mol. The Bertz CT molecular complexity index is 283. The number of hydrogen-bond acceptors (Lipinski definition) is 3. The summed E-state index contributed by atoms with van der Waals surface area (Å²) in [6, 6.07) is 0. The first-order valence-electron chi connectivity index (χ1n) is 5.62. The molecule has 5 heteroatoms. The zero-order valence-corrected chi connectivity index (χ0v) is 10.1. The van der Waals surface area contributed by atoms with E-state index in [1.807, 2.05) is 0 Å². The molecule has 0 aromatic heterocycles. The highest BCUT2D eigenvalue weighted by Gasteiger charge is 2.40. The average Bonchev–Trinajstić information content (AvgIpc) is 2.96. The summed E-state index contributed by atoms with van der Waals surface area (Å²) in [5.74, 6) is 0.132. The van der Waals surface area contributed by atoms with Crippen LogP contribution in [0.3, 0.4) is 0 Å². The first-order chi connectivity index (χ1) is 7.04. The molecule has 0 aliphatic heterocycles. The molecule has 1 aliphatic rings. The molecular formula is C10H21NO3S. The van der Waals surface area contributed by atoms with Crippen molar-refractivity contribution in [3.8, 4) is 0 Å². The lowest BCUT2D eigenvalue weighted by molar-refractivity contribution is 0.287. The first kappa shape index (κ1) is 12.9. The van der Waals surface area contributed by atoms with Crippen LogP contribution in [0.1, 0.15) is 39.0 Å². The molecule has 0 radical (unpaired) electrons. The lowest BCUT2D eigenvalue weighted by atomic mass is 10.1. The third-order valence-electron chi connectivity index (χ3n) is 3.20. The number of unbranched alkanes of at least 4 members (excludes halogenated alkanes) is 1. The van der Waals surface area contributed by atoms with Crippen molar-refractivity contribution >= 4 is 10.0 Å². The molecule has 1 fully saturated rings. The normalized spacial score (nSPS) is 19.1. The van der Waals surface area contributed by atoms with Crippen molar-refractivity contribution in [3.63, 3.8) is 0 Å². The third kappa shape index (κ3) is 4.49. The summed E-state index contributed by atoms with van der Waals surface area (Å²) in [6.45, 7) is 2.76. The molecule has 1 saturated carbocycles. The van der Waals surface area contributed by atoms with E-state index in [0.29, 0.717) is 19.4 Å². The van der Waals surface area contributed by atoms with Crippen LogP contribution in [0.2, 0.25) is 0 Å². The summed E-state index contributed by atoms with van der Waals surface area (Å²) >= 11 is 0. The Hall–Kier alpha value is -0.130. The van der Waals surface area contributed by atoms with Crippen molar-refractivity contribution in [2.24, 2.45) is 5.41 Å². The highest BCUT2D eigenvalue weighted by atomic mass is 32.2. The van der Waals surface area contributed by atoms with Crippen LogP contribution in [-0.4, -0.2) is 32.4 Å². The zero-order valence-electron chi connectivity index (χ0n) is 9.33. The van der Waals surface area contributed by atoms with Crippen molar-refractivity contribution < 1.29 is 13.5 Å². The molecule has 1 rings (SSSR count). The predicted molar refractivity (Wildman–Crippen MR) is 60.1 cm³/mol. The molecule has 15 heavy (non-hydrogen) atoms. The quantitative estimate of drug-likeness (QED) is 0.613. The van der Waals surface area contributed by atoms with Gasteiger partial charge >= 0.3 is 0 Å². The second kappa shape index (κ2) is 5.27. The second-order valence-electron chi connectivity index (χ2n) is 4.42. The Kier molecular flexibility index (Phi) is 4.55. The first-order valence-corrected chi connectivity index (χ1v) is 7.27. The van der Waals surface area contributed by atoms with Crippen molar-refractivity contribution in [1.82, 2.24) is 4.72 Å². The maximum Gasteiger partial charge on any atom is 0.211 e. The van der Waals surface area contributed by atoms with Gasteiger partial charge in [-0.25, -0.2) is 13.1 Å². The van der Waals surface area contributed by atoms with Crippen LogP contribution in [0, 0.1) is 5.41 Å². The molecule has 0 atom stereocenters. The van der Waals surface area contributed by atoms with Gasteiger partial charge in [0, 0.05) is 13.2 Å². The number of aliphatic hydroxyl groups is 1. The van der Waals surface area contributed by atoms with Crippen LogP contribution in [0.25, 0.3) is 0 Å². The Morgan fingerprint density at radius 1 is 1.33 bits per heavy atom. The highest BCUT2D eigenvalue weighted by molar-refractivity contribution is 7.89. The molecule has 0 heterocycles. The summed E-state index contributed by atoms with van der Waals surface area (Å²) in [6.07, 6.45) is 4.42. The van der Waals surface area contributed by atoms with E-state index < -0.39 is 10.0 Å². The topological polar surface area (TPSA) is 66.4 Å². The summed E-state index contributed by atoms with van der Waals surface area (Å²) in [4.78, 5) is 0. The van der Waals surface area contributed by atoms with Crippen molar-refractivity contribution in [2.45, 2.75) is 39.0 Å². The van der Waals surface area contributed by atoms with Crippen LogP contribution < -0.4 is 4.72 Å². The number of aliphatic hydroxyl groups excluding tert-OH is 1. The molecule has 1 aliphatic carbocycles. The molecule has 0 amide bonds. The van der Waals surface area contributed by atoms with Crippen LogP contribution >= 0.6 is 0 Å². The van der Waals surface area contributed by atoms with Crippen molar-refractivity contribution in [3.05, 3.63) is 0 Å². The van der Waals surface area contributed by atoms with Gasteiger partial charge in [-0.3, -0.25) is 0 Å². The summed E-state index contributed by atoms with van der Waals surface area (Å²) in [5, 5.41) is 8.56. The molecule has 4 nitrogen and oxygen atoms in total. The summed E-state index contributed by atoms with van der Waals surface area (Å²) in [7, 11) is -3.12. The molecule has 0 aromatic carbocycles. The van der Waals surface area contributed by atoms with Crippen molar-refractivity contribution in [2.75, 3.05) is 18.9 Å². The van der Waals surface area contributed by atoms with E-state index >= 15 is 0 Å². The van der Waals surface area contributed by atoms with E-state index in [-0.39, 0.29) is 17.8 Å². The number of rotatable bonds is 8. The van der Waals surface area contributed by atoms with E-state index in [9.17, 15) is 8.42 Å². The van der Waals surface area contributed by atoms with E-state index in [0.717, 1.165) is 19.3 Å². The van der Waals surface area contributed by atoms with E-state index in [2.05, 4.69) is 11.6 Å². The predicted octanol–water partition coefficient (Wildman–Crippen LogP) is 0.868. The standard InChI is InChI=1S/C10H21NO3S/c1-2-10(5-6-10)9-11-15(13,14)8-4-3-7-12/h11-12H,2-9H2,1H3. The van der Waals surface area contributed by atoms with Crippen LogP contribution in [0.4, 0.5) is 0 Å². The second-order valence-corrected chi connectivity index (χ2v) is 6.35. The largest absolute Gasteiger partial charge is 0.396 e. The van der Waals surface area contributed by atoms with Crippen LogP contribution in [-0.2, 0) is 10.0 Å². The van der Waals surface area contributed by atoms with Gasteiger partial charge in [0.25, 0.3) is 0 Å². The summed E-state index contributed by atoms with van der Waals surface area (Å²) in [5.41, 5.74) is 0.254. The molecule has 0 spiro atoms. The van der Waals surface area contributed by atoms with Gasteiger partial charge in [0.1, 0.15) is 0 Å². The fourth-order valence-corrected chi connectivity index (χ4v) is 2.83. The van der Waals surface area contributed by atoms with Gasteiger partial charge in [0.15, 0.2) is 0 Å². The molecule has 0 unspecified atom stereocenters. The molecule has 90 valence electrons. The Labute approximate surface area is 92.1 Å². The van der Waals surface area contributed by atoms with Crippen LogP contribution in [0.5, 0.6) is 0 Å². The van der Waals surface area contributed by atoms with Gasteiger partial charge in [0.2, 0.25) is 10.0 Å². The lowest BCUT2D eigenvalue weighted by Gasteiger charge is -2.13. The van der Waals surface area contributed by atoms with Gasteiger partial charge in [-0.15, -0.1) is 0 Å². The SMILES string of the molecule is CCC1(CNS(=O)(=O)CCCCO)CC1. The van der Waals surface area contributed by atoms with Crippen molar-refractivity contribution in [1.29, 1.82) is 0 Å². The molecule has 2 N–H and O–H groups in total. The Morgan fingerprint density at radius 2 is 2.00 bits per heavy atom. The minimum atomic E-state index is -3.12.